The summed E-state index contributed by atoms with van der Waals surface area (Å²) in [5.41, 5.74) is 4.77. The Balaban J connectivity index is 1.92. The summed E-state index contributed by atoms with van der Waals surface area (Å²) in [6.45, 7) is 18.2. The van der Waals surface area contributed by atoms with Crippen molar-refractivity contribution in [3.63, 3.8) is 0 Å². The Labute approximate surface area is 201 Å². The molecule has 0 aliphatic heterocycles. The molecule has 4 atom stereocenters. The number of hydrogen-bond donors (Lipinski definition) is 1. The van der Waals surface area contributed by atoms with Crippen LogP contribution in [0.4, 0.5) is 0 Å². The Hall–Kier alpha value is -1.71. The molecule has 0 bridgehead atoms. The molecular formula is C30H45N2O+. The van der Waals surface area contributed by atoms with Crippen LogP contribution in [0.1, 0.15) is 97.4 Å². The first-order chi connectivity index (χ1) is 15.7. The van der Waals surface area contributed by atoms with Gasteiger partial charge in [0, 0.05) is 30.9 Å². The van der Waals surface area contributed by atoms with Gasteiger partial charge in [0.2, 0.25) is 17.3 Å². The molecule has 0 radical (unpaired) electrons. The van der Waals surface area contributed by atoms with Gasteiger partial charge in [-0.05, 0) is 42.7 Å². The van der Waals surface area contributed by atoms with Gasteiger partial charge in [-0.2, -0.15) is 4.57 Å². The van der Waals surface area contributed by atoms with Gasteiger partial charge in [-0.25, -0.2) is 0 Å². The molecule has 3 unspecified atom stereocenters. The van der Waals surface area contributed by atoms with Crippen LogP contribution in [-0.2, 0) is 10.2 Å². The second-order valence-electron chi connectivity index (χ2n) is 11.7. The highest BCUT2D eigenvalue weighted by atomic mass is 16.5. The molecule has 1 N–H and O–H groups in total. The fourth-order valence-electron chi connectivity index (χ4n) is 6.35. The predicted octanol–water partition coefficient (Wildman–Crippen LogP) is 6.94. The van der Waals surface area contributed by atoms with E-state index in [2.05, 4.69) is 88.3 Å². The fourth-order valence-corrected chi connectivity index (χ4v) is 6.35. The first-order valence-corrected chi connectivity index (χ1v) is 13.1. The van der Waals surface area contributed by atoms with Crippen molar-refractivity contribution in [2.45, 2.75) is 103 Å². The quantitative estimate of drug-likeness (QED) is 0.366. The van der Waals surface area contributed by atoms with E-state index in [9.17, 15) is 0 Å². The van der Waals surface area contributed by atoms with Gasteiger partial charge in [-0.3, -0.25) is 5.32 Å². The van der Waals surface area contributed by atoms with Crippen molar-refractivity contribution in [1.29, 1.82) is 0 Å². The third kappa shape index (κ3) is 4.28. The van der Waals surface area contributed by atoms with Gasteiger partial charge in [0.25, 0.3) is 0 Å². The first-order valence-electron chi connectivity index (χ1n) is 13.1. The number of rotatable bonds is 7. The molecular weight excluding hydrogens is 404 g/mol. The van der Waals surface area contributed by atoms with Gasteiger partial charge in [0.1, 0.15) is 0 Å². The predicted molar refractivity (Wildman–Crippen MR) is 139 cm³/mol. The van der Waals surface area contributed by atoms with Crippen LogP contribution in [0, 0.1) is 11.8 Å². The van der Waals surface area contributed by atoms with E-state index in [-0.39, 0.29) is 17.2 Å². The molecule has 3 nitrogen and oxygen atoms in total. The average molecular weight is 450 g/mol. The molecule has 3 heteroatoms. The average Bonchev–Trinajstić information content (AvgIpc) is 3.44. The van der Waals surface area contributed by atoms with Crippen molar-refractivity contribution in [3.8, 4) is 0 Å². The Kier molecular flexibility index (Phi) is 6.77. The summed E-state index contributed by atoms with van der Waals surface area (Å²) < 4.78 is 9.05. The number of para-hydroxylation sites is 1. The van der Waals surface area contributed by atoms with E-state index >= 15 is 0 Å². The summed E-state index contributed by atoms with van der Waals surface area (Å²) in [5.74, 6) is 0.999. The van der Waals surface area contributed by atoms with E-state index in [0.29, 0.717) is 17.9 Å². The van der Waals surface area contributed by atoms with Gasteiger partial charge in [0.15, 0.2) is 5.72 Å². The number of methoxy groups -OCH3 is 1. The van der Waals surface area contributed by atoms with Crippen LogP contribution in [-0.4, -0.2) is 18.9 Å². The zero-order valence-electron chi connectivity index (χ0n) is 22.0. The topological polar surface area (TPSA) is 25.1 Å². The smallest absolute Gasteiger partial charge is 0.213 e. The van der Waals surface area contributed by atoms with Crippen LogP contribution in [0.25, 0.3) is 16.5 Å². The van der Waals surface area contributed by atoms with Crippen molar-refractivity contribution >= 4 is 16.5 Å². The van der Waals surface area contributed by atoms with Gasteiger partial charge in [0.05, 0.1) is 11.3 Å². The number of nitrogens with one attached hydrogen (secondary N) is 1. The summed E-state index contributed by atoms with van der Waals surface area (Å²) in [4.78, 5) is 0. The molecule has 1 aromatic carbocycles. The van der Waals surface area contributed by atoms with E-state index in [4.69, 9.17) is 4.74 Å². The second kappa shape index (κ2) is 9.15. The number of hydrogen-bond acceptors (Lipinski definition) is 2. The number of fused-ring (bicyclic) bond motifs is 1. The Morgan fingerprint density at radius 2 is 1.88 bits per heavy atom. The van der Waals surface area contributed by atoms with Gasteiger partial charge in [-0.15, -0.1) is 0 Å². The lowest BCUT2D eigenvalue weighted by molar-refractivity contribution is -0.687. The molecule has 0 spiro atoms. The fraction of sp³-hybridized carbons (Fsp3) is 0.633. The molecule has 2 aliphatic carbocycles. The number of pyridine rings is 1. The molecule has 2 aliphatic rings. The molecule has 33 heavy (non-hydrogen) atoms. The first kappa shape index (κ1) is 24.4. The molecule has 2 saturated carbocycles. The van der Waals surface area contributed by atoms with Gasteiger partial charge < -0.3 is 4.74 Å². The molecule has 0 saturated heterocycles. The van der Waals surface area contributed by atoms with Crippen molar-refractivity contribution in [1.82, 2.24) is 5.32 Å². The monoisotopic (exact) mass is 449 g/mol. The SMILES string of the molecule is C=C(C)c1cc(C(C)(C)C)c2ccccc2[n+]1C1[C@@H](C(C)CC)C1(NC1CCCCC1)OC. The summed E-state index contributed by atoms with van der Waals surface area (Å²) in [7, 11) is 1.91. The van der Waals surface area contributed by atoms with Crippen LogP contribution in [0.3, 0.4) is 0 Å². The highest BCUT2D eigenvalue weighted by Crippen LogP contribution is 2.58. The van der Waals surface area contributed by atoms with Crippen molar-refractivity contribution in [3.05, 3.63) is 48.2 Å². The zero-order chi connectivity index (χ0) is 24.0. The van der Waals surface area contributed by atoms with E-state index in [0.717, 1.165) is 12.0 Å². The van der Waals surface area contributed by atoms with Crippen molar-refractivity contribution in [2.24, 2.45) is 11.8 Å². The van der Waals surface area contributed by atoms with Gasteiger partial charge >= 0.3 is 0 Å². The highest BCUT2D eigenvalue weighted by Gasteiger charge is 2.75. The van der Waals surface area contributed by atoms with Crippen LogP contribution in [0.15, 0.2) is 36.9 Å². The number of nitrogens with zero attached hydrogens (tertiary/aromatic N) is 1. The number of aromatic nitrogens is 1. The Morgan fingerprint density at radius 1 is 1.21 bits per heavy atom. The minimum atomic E-state index is -0.321. The summed E-state index contributed by atoms with van der Waals surface area (Å²) in [6.07, 6.45) is 7.68. The number of allylic oxidation sites excluding steroid dienone is 1. The maximum atomic E-state index is 6.47. The molecule has 1 aromatic heterocycles. The lowest BCUT2D eigenvalue weighted by Gasteiger charge is -2.28. The minimum absolute atomic E-state index is 0.0568. The molecule has 0 amide bonds. The number of benzene rings is 1. The number of ether oxygens (including phenoxy) is 1. The van der Waals surface area contributed by atoms with Crippen LogP contribution in [0.5, 0.6) is 0 Å². The van der Waals surface area contributed by atoms with E-state index in [1.165, 1.54) is 54.3 Å². The zero-order valence-corrected chi connectivity index (χ0v) is 22.0. The van der Waals surface area contributed by atoms with Crippen molar-refractivity contribution in [2.75, 3.05) is 7.11 Å². The van der Waals surface area contributed by atoms with Crippen LogP contribution in [0.2, 0.25) is 0 Å². The maximum Gasteiger partial charge on any atom is 0.213 e. The third-order valence-corrected chi connectivity index (χ3v) is 8.31. The summed E-state index contributed by atoms with van der Waals surface area (Å²) in [5, 5.41) is 5.41. The lowest BCUT2D eigenvalue weighted by atomic mass is 9.83. The van der Waals surface area contributed by atoms with Crippen molar-refractivity contribution < 1.29 is 9.30 Å². The normalized spacial score (nSPS) is 27.0. The van der Waals surface area contributed by atoms with E-state index in [1.807, 2.05) is 7.11 Å². The highest BCUT2D eigenvalue weighted by molar-refractivity contribution is 5.82. The Morgan fingerprint density at radius 3 is 2.45 bits per heavy atom. The molecule has 2 aromatic rings. The Bertz CT molecular complexity index is 1010. The summed E-state index contributed by atoms with van der Waals surface area (Å²) in [6, 6.07) is 12.1. The maximum absolute atomic E-state index is 6.47. The van der Waals surface area contributed by atoms with E-state index in [1.54, 1.807) is 0 Å². The third-order valence-electron chi connectivity index (χ3n) is 8.31. The standard InChI is InChI=1S/C30H45N2O/c1-9-21(4)27-28(30(27,33-8)31-22-15-11-10-12-16-22)32-25-18-14-13-17-23(25)24(29(5,6)7)19-26(32)20(2)3/h13-14,17-19,21-22,27-28,31H,2,9-12,15-16H2,1,3-8H3/q+1/t21?,27-,28?,30?/m1/s1. The molecule has 1 heterocycles. The largest absolute Gasteiger partial charge is 0.356 e. The minimum Gasteiger partial charge on any atom is -0.356 e. The van der Waals surface area contributed by atoms with Gasteiger partial charge in [-0.1, -0.05) is 79.0 Å². The molecule has 180 valence electrons. The second-order valence-corrected chi connectivity index (χ2v) is 11.7. The van der Waals surface area contributed by atoms with Crippen LogP contribution < -0.4 is 9.88 Å². The lowest BCUT2D eigenvalue weighted by Crippen LogP contribution is -2.50. The van der Waals surface area contributed by atoms with E-state index < -0.39 is 0 Å². The molecule has 4 rings (SSSR count). The van der Waals surface area contributed by atoms with Crippen LogP contribution >= 0.6 is 0 Å². The summed E-state index contributed by atoms with van der Waals surface area (Å²) >= 11 is 0. The molecule has 2 fully saturated rings.